The number of hydrogen-bond donors (Lipinski definition) is 0. The fraction of sp³-hybridized carbons (Fsp3) is 0.429. The van der Waals surface area contributed by atoms with Crippen molar-refractivity contribution in [2.75, 3.05) is 20.2 Å². The van der Waals surface area contributed by atoms with Gasteiger partial charge in [-0.05, 0) is 42.9 Å². The summed E-state index contributed by atoms with van der Waals surface area (Å²) in [6, 6.07) is 17.9. The predicted molar refractivity (Wildman–Crippen MR) is 94.0 cm³/mol. The Morgan fingerprint density at radius 3 is 2.65 bits per heavy atom. The van der Waals surface area contributed by atoms with Crippen molar-refractivity contribution in [2.24, 2.45) is 5.92 Å². The maximum absolute atomic E-state index is 5.68. The molecule has 0 N–H and O–H groups in total. The number of methoxy groups -OCH3 is 1. The van der Waals surface area contributed by atoms with E-state index >= 15 is 0 Å². The van der Waals surface area contributed by atoms with Crippen LogP contribution in [0.1, 0.15) is 42.0 Å². The van der Waals surface area contributed by atoms with Crippen LogP contribution in [0.5, 0.6) is 5.75 Å². The molecule has 1 heterocycles. The fourth-order valence-electron chi connectivity index (χ4n) is 4.53. The molecule has 1 fully saturated rings. The Balaban J connectivity index is 1.62. The largest absolute Gasteiger partial charge is 0.496 e. The van der Waals surface area contributed by atoms with Crippen LogP contribution in [0.3, 0.4) is 0 Å². The van der Waals surface area contributed by atoms with Gasteiger partial charge in [0.15, 0.2) is 0 Å². The second-order valence-corrected chi connectivity index (χ2v) is 6.98. The molecule has 4 rings (SSSR count). The average molecular weight is 307 g/mol. The van der Waals surface area contributed by atoms with Crippen molar-refractivity contribution >= 4 is 0 Å². The normalized spacial score (nSPS) is 24.8. The van der Waals surface area contributed by atoms with Crippen LogP contribution < -0.4 is 4.74 Å². The Hall–Kier alpha value is -1.80. The van der Waals surface area contributed by atoms with E-state index < -0.39 is 0 Å². The van der Waals surface area contributed by atoms with E-state index in [0.29, 0.717) is 12.0 Å². The quantitative estimate of drug-likeness (QED) is 0.832. The smallest absolute Gasteiger partial charge is 0.122 e. The van der Waals surface area contributed by atoms with E-state index in [1.807, 2.05) is 0 Å². The van der Waals surface area contributed by atoms with E-state index in [9.17, 15) is 0 Å². The Labute approximate surface area is 139 Å². The molecule has 2 aromatic carbocycles. The molecule has 0 radical (unpaired) electrons. The molecule has 120 valence electrons. The van der Waals surface area contributed by atoms with Gasteiger partial charge in [0.1, 0.15) is 5.75 Å². The first kappa shape index (κ1) is 14.8. The molecule has 1 aliphatic heterocycles. The van der Waals surface area contributed by atoms with Crippen molar-refractivity contribution in [1.29, 1.82) is 0 Å². The number of rotatable bonds is 3. The first-order valence-corrected chi connectivity index (χ1v) is 8.72. The first-order chi connectivity index (χ1) is 11.3. The van der Waals surface area contributed by atoms with Crippen LogP contribution in [0.2, 0.25) is 0 Å². The number of hydrogen-bond acceptors (Lipinski definition) is 2. The molecule has 23 heavy (non-hydrogen) atoms. The lowest BCUT2D eigenvalue weighted by atomic mass is 9.76. The number of benzene rings is 2. The van der Waals surface area contributed by atoms with Gasteiger partial charge in [0, 0.05) is 30.6 Å². The maximum atomic E-state index is 5.68. The van der Waals surface area contributed by atoms with Gasteiger partial charge in [-0.2, -0.15) is 0 Å². The van der Waals surface area contributed by atoms with Gasteiger partial charge in [0.25, 0.3) is 0 Å². The summed E-state index contributed by atoms with van der Waals surface area (Å²) < 4.78 is 5.68. The van der Waals surface area contributed by atoms with Gasteiger partial charge in [-0.1, -0.05) is 42.5 Å². The highest BCUT2D eigenvalue weighted by Crippen LogP contribution is 2.46. The van der Waals surface area contributed by atoms with Crippen LogP contribution in [0.25, 0.3) is 0 Å². The van der Waals surface area contributed by atoms with Gasteiger partial charge >= 0.3 is 0 Å². The molecular formula is C21H25NO. The van der Waals surface area contributed by atoms with E-state index in [1.165, 1.54) is 36.1 Å². The zero-order valence-electron chi connectivity index (χ0n) is 14.0. The van der Waals surface area contributed by atoms with E-state index in [0.717, 1.165) is 18.2 Å². The average Bonchev–Trinajstić information content (AvgIpc) is 3.05. The maximum Gasteiger partial charge on any atom is 0.122 e. The minimum absolute atomic E-state index is 0.486. The lowest BCUT2D eigenvalue weighted by Crippen LogP contribution is -2.24. The molecular weight excluding hydrogens is 282 g/mol. The molecule has 0 saturated carbocycles. The van der Waals surface area contributed by atoms with E-state index in [4.69, 9.17) is 4.74 Å². The minimum atomic E-state index is 0.486. The standard InChI is InChI=1S/C21H25NO/c1-15(16-7-4-3-5-8-16)22-13-18-12-11-17-9-6-10-20(23-2)21(17)19(18)14-22/h3-10,15,18-19H,11-14H2,1-2H3/t15-,18+,19+/m0/s1. The highest BCUT2D eigenvalue weighted by Gasteiger charge is 2.40. The number of ether oxygens (including phenoxy) is 1. The van der Waals surface area contributed by atoms with Gasteiger partial charge in [-0.25, -0.2) is 0 Å². The Kier molecular flexibility index (Phi) is 3.86. The van der Waals surface area contributed by atoms with Crippen molar-refractivity contribution in [2.45, 2.75) is 31.7 Å². The third-order valence-electron chi connectivity index (χ3n) is 5.83. The summed E-state index contributed by atoms with van der Waals surface area (Å²) in [5.41, 5.74) is 4.40. The van der Waals surface area contributed by atoms with Crippen LogP contribution in [-0.2, 0) is 6.42 Å². The van der Waals surface area contributed by atoms with Crippen molar-refractivity contribution in [3.8, 4) is 5.75 Å². The van der Waals surface area contributed by atoms with Crippen molar-refractivity contribution in [3.05, 3.63) is 65.2 Å². The molecule has 0 aromatic heterocycles. The second-order valence-electron chi connectivity index (χ2n) is 6.98. The molecule has 0 spiro atoms. The van der Waals surface area contributed by atoms with Crippen LogP contribution >= 0.6 is 0 Å². The van der Waals surface area contributed by atoms with Crippen LogP contribution in [0.4, 0.5) is 0 Å². The third kappa shape index (κ3) is 2.55. The van der Waals surface area contributed by atoms with Crippen LogP contribution in [-0.4, -0.2) is 25.1 Å². The number of likely N-dealkylation sites (tertiary alicyclic amines) is 1. The highest BCUT2D eigenvalue weighted by molar-refractivity contribution is 5.46. The predicted octanol–water partition coefficient (Wildman–Crippen LogP) is 4.42. The topological polar surface area (TPSA) is 12.5 Å². The molecule has 0 bridgehead atoms. The fourth-order valence-corrected chi connectivity index (χ4v) is 4.53. The van der Waals surface area contributed by atoms with Gasteiger partial charge < -0.3 is 4.74 Å². The number of aryl methyl sites for hydroxylation is 1. The van der Waals surface area contributed by atoms with E-state index in [1.54, 1.807) is 7.11 Å². The summed E-state index contributed by atoms with van der Waals surface area (Å²) in [5.74, 6) is 2.48. The third-order valence-corrected chi connectivity index (χ3v) is 5.83. The lowest BCUT2D eigenvalue weighted by molar-refractivity contribution is 0.250. The molecule has 1 saturated heterocycles. The summed E-state index contributed by atoms with van der Waals surface area (Å²) in [7, 11) is 1.80. The minimum Gasteiger partial charge on any atom is -0.496 e. The highest BCUT2D eigenvalue weighted by atomic mass is 16.5. The van der Waals surface area contributed by atoms with Gasteiger partial charge in [-0.3, -0.25) is 4.90 Å². The Bertz CT molecular complexity index is 667. The SMILES string of the molecule is COc1cccc2c1[C@@H]1CN([C@@H](C)c3ccccc3)C[C@H]1CC2. The van der Waals surface area contributed by atoms with E-state index in [-0.39, 0.29) is 0 Å². The molecule has 2 aliphatic rings. The first-order valence-electron chi connectivity index (χ1n) is 8.72. The van der Waals surface area contributed by atoms with E-state index in [2.05, 4.69) is 60.4 Å². The molecule has 0 amide bonds. The van der Waals surface area contributed by atoms with Crippen LogP contribution in [0, 0.1) is 5.92 Å². The number of nitrogens with zero attached hydrogens (tertiary/aromatic N) is 1. The van der Waals surface area contributed by atoms with Gasteiger partial charge in [0.05, 0.1) is 7.11 Å². The second kappa shape index (κ2) is 6.01. The molecule has 3 atom stereocenters. The van der Waals surface area contributed by atoms with Crippen molar-refractivity contribution in [3.63, 3.8) is 0 Å². The summed E-state index contributed by atoms with van der Waals surface area (Å²) >= 11 is 0. The zero-order chi connectivity index (χ0) is 15.8. The Morgan fingerprint density at radius 1 is 1.04 bits per heavy atom. The van der Waals surface area contributed by atoms with Crippen molar-refractivity contribution in [1.82, 2.24) is 4.90 Å². The molecule has 2 nitrogen and oxygen atoms in total. The monoisotopic (exact) mass is 307 g/mol. The van der Waals surface area contributed by atoms with Crippen molar-refractivity contribution < 1.29 is 4.74 Å². The molecule has 0 unspecified atom stereocenters. The number of fused-ring (bicyclic) bond motifs is 3. The molecule has 2 heteroatoms. The van der Waals surface area contributed by atoms with Gasteiger partial charge in [0.2, 0.25) is 0 Å². The summed E-state index contributed by atoms with van der Waals surface area (Å²) in [5, 5.41) is 0. The van der Waals surface area contributed by atoms with Crippen LogP contribution in [0.15, 0.2) is 48.5 Å². The Morgan fingerprint density at radius 2 is 1.87 bits per heavy atom. The molecule has 1 aliphatic carbocycles. The van der Waals surface area contributed by atoms with Gasteiger partial charge in [-0.15, -0.1) is 0 Å². The summed E-state index contributed by atoms with van der Waals surface area (Å²) in [6.07, 6.45) is 2.50. The zero-order valence-corrected chi connectivity index (χ0v) is 14.0. The summed E-state index contributed by atoms with van der Waals surface area (Å²) in [4.78, 5) is 2.66. The lowest BCUT2D eigenvalue weighted by Gasteiger charge is -2.29. The summed E-state index contributed by atoms with van der Waals surface area (Å²) in [6.45, 7) is 4.70. The molecule has 2 aromatic rings.